The van der Waals surface area contributed by atoms with Crippen molar-refractivity contribution in [2.45, 2.75) is 18.8 Å². The second-order valence-electron chi connectivity index (χ2n) is 4.73. The summed E-state index contributed by atoms with van der Waals surface area (Å²) in [6.45, 7) is 5.04. The Hall–Kier alpha value is -0.970. The van der Waals surface area contributed by atoms with Crippen LogP contribution < -0.4 is 0 Å². The number of rotatable bonds is 6. The molecule has 0 saturated carbocycles. The molecule has 1 aliphatic heterocycles. The molecular formula is C14H22N2O2. The van der Waals surface area contributed by atoms with Crippen molar-refractivity contribution in [3.8, 4) is 0 Å². The van der Waals surface area contributed by atoms with E-state index in [4.69, 9.17) is 4.74 Å². The summed E-state index contributed by atoms with van der Waals surface area (Å²) in [6.07, 6.45) is 3.88. The normalized spacial score (nSPS) is 18.7. The van der Waals surface area contributed by atoms with Gasteiger partial charge in [0.15, 0.2) is 0 Å². The fourth-order valence-corrected chi connectivity index (χ4v) is 2.34. The van der Waals surface area contributed by atoms with E-state index in [2.05, 4.69) is 9.88 Å². The highest BCUT2D eigenvalue weighted by atomic mass is 16.5. The quantitative estimate of drug-likeness (QED) is 0.826. The number of nitrogens with zero attached hydrogens (tertiary/aromatic N) is 2. The molecule has 0 amide bonds. The molecule has 1 N–H and O–H groups in total. The lowest BCUT2D eigenvalue weighted by Gasteiger charge is -2.27. The summed E-state index contributed by atoms with van der Waals surface area (Å²) in [5.41, 5.74) is 1.00. The molecule has 1 aromatic rings. The second-order valence-corrected chi connectivity index (χ2v) is 4.73. The SMILES string of the molecule is OCC(CCCN1CCOCC1)c1ccccn1. The van der Waals surface area contributed by atoms with Gasteiger partial charge in [-0.05, 0) is 31.5 Å². The van der Waals surface area contributed by atoms with Crippen molar-refractivity contribution in [2.24, 2.45) is 0 Å². The summed E-state index contributed by atoms with van der Waals surface area (Å²) in [6, 6.07) is 5.88. The predicted molar refractivity (Wildman–Crippen MR) is 70.6 cm³/mol. The molecule has 0 aliphatic carbocycles. The van der Waals surface area contributed by atoms with Gasteiger partial charge in [-0.2, -0.15) is 0 Å². The van der Waals surface area contributed by atoms with Gasteiger partial charge in [-0.15, -0.1) is 0 Å². The Morgan fingerprint density at radius 1 is 1.33 bits per heavy atom. The molecule has 1 unspecified atom stereocenters. The molecule has 0 radical (unpaired) electrons. The molecule has 18 heavy (non-hydrogen) atoms. The number of hydrogen-bond acceptors (Lipinski definition) is 4. The summed E-state index contributed by atoms with van der Waals surface area (Å²) >= 11 is 0. The molecule has 1 aromatic heterocycles. The lowest BCUT2D eigenvalue weighted by atomic mass is 9.99. The third kappa shape index (κ3) is 4.05. The highest BCUT2D eigenvalue weighted by Crippen LogP contribution is 2.18. The summed E-state index contributed by atoms with van der Waals surface area (Å²) < 4.78 is 5.33. The minimum atomic E-state index is 0.173. The zero-order valence-corrected chi connectivity index (χ0v) is 10.8. The van der Waals surface area contributed by atoms with E-state index in [0.29, 0.717) is 0 Å². The van der Waals surface area contributed by atoms with E-state index in [1.54, 1.807) is 6.20 Å². The van der Waals surface area contributed by atoms with E-state index in [0.717, 1.165) is 51.4 Å². The maximum Gasteiger partial charge on any atom is 0.0594 e. The van der Waals surface area contributed by atoms with Gasteiger partial charge in [0.05, 0.1) is 19.8 Å². The first-order valence-corrected chi connectivity index (χ1v) is 6.72. The molecule has 2 heterocycles. The Morgan fingerprint density at radius 2 is 2.17 bits per heavy atom. The fraction of sp³-hybridized carbons (Fsp3) is 0.643. The van der Waals surface area contributed by atoms with E-state index in [1.807, 2.05) is 18.2 Å². The monoisotopic (exact) mass is 250 g/mol. The third-order valence-electron chi connectivity index (χ3n) is 3.46. The van der Waals surface area contributed by atoms with Crippen LogP contribution in [0.1, 0.15) is 24.5 Å². The lowest BCUT2D eigenvalue weighted by molar-refractivity contribution is 0.0367. The average Bonchev–Trinajstić information content (AvgIpc) is 2.46. The number of ether oxygens (including phenoxy) is 1. The molecule has 1 aliphatic rings. The molecule has 1 saturated heterocycles. The van der Waals surface area contributed by atoms with Gasteiger partial charge in [0.2, 0.25) is 0 Å². The van der Waals surface area contributed by atoms with Crippen LogP contribution in [0.25, 0.3) is 0 Å². The lowest BCUT2D eigenvalue weighted by Crippen LogP contribution is -2.36. The van der Waals surface area contributed by atoms with Gasteiger partial charge in [-0.1, -0.05) is 6.07 Å². The number of aliphatic hydroxyl groups is 1. The molecule has 100 valence electrons. The van der Waals surface area contributed by atoms with Crippen molar-refractivity contribution < 1.29 is 9.84 Å². The first-order valence-electron chi connectivity index (χ1n) is 6.72. The second kappa shape index (κ2) is 7.46. The Kier molecular flexibility index (Phi) is 5.58. The van der Waals surface area contributed by atoms with Crippen molar-refractivity contribution in [2.75, 3.05) is 39.5 Å². The van der Waals surface area contributed by atoms with Gasteiger partial charge in [0.25, 0.3) is 0 Å². The standard InChI is InChI=1S/C14H22N2O2/c17-12-13(14-5-1-2-6-15-14)4-3-7-16-8-10-18-11-9-16/h1-2,5-6,13,17H,3-4,7-12H2. The van der Waals surface area contributed by atoms with Gasteiger partial charge in [-0.3, -0.25) is 9.88 Å². The van der Waals surface area contributed by atoms with Crippen LogP contribution in [-0.2, 0) is 4.74 Å². The summed E-state index contributed by atoms with van der Waals surface area (Å²) in [5, 5.41) is 9.44. The Bertz CT molecular complexity index is 326. The maximum absolute atomic E-state index is 9.44. The molecule has 0 aromatic carbocycles. The van der Waals surface area contributed by atoms with Crippen molar-refractivity contribution in [3.63, 3.8) is 0 Å². The van der Waals surface area contributed by atoms with Gasteiger partial charge >= 0.3 is 0 Å². The van der Waals surface area contributed by atoms with Crippen LogP contribution >= 0.6 is 0 Å². The van der Waals surface area contributed by atoms with Crippen molar-refractivity contribution >= 4 is 0 Å². The third-order valence-corrected chi connectivity index (χ3v) is 3.46. The van der Waals surface area contributed by atoms with E-state index in [9.17, 15) is 5.11 Å². The molecule has 4 nitrogen and oxygen atoms in total. The minimum absolute atomic E-state index is 0.173. The number of aromatic nitrogens is 1. The maximum atomic E-state index is 9.44. The molecule has 4 heteroatoms. The topological polar surface area (TPSA) is 45.6 Å². The van der Waals surface area contributed by atoms with Crippen LogP contribution in [0.2, 0.25) is 0 Å². The molecule has 1 fully saturated rings. The summed E-state index contributed by atoms with van der Waals surface area (Å²) in [7, 11) is 0. The van der Waals surface area contributed by atoms with Gasteiger partial charge in [-0.25, -0.2) is 0 Å². The van der Waals surface area contributed by atoms with Crippen LogP contribution in [-0.4, -0.2) is 54.4 Å². The first-order chi connectivity index (χ1) is 8.90. The van der Waals surface area contributed by atoms with E-state index >= 15 is 0 Å². The zero-order chi connectivity index (χ0) is 12.6. The fourth-order valence-electron chi connectivity index (χ4n) is 2.34. The molecule has 0 spiro atoms. The molecule has 2 rings (SSSR count). The average molecular weight is 250 g/mol. The highest BCUT2D eigenvalue weighted by Gasteiger charge is 2.14. The first kappa shape index (κ1) is 13.5. The predicted octanol–water partition coefficient (Wildman–Crippen LogP) is 1.27. The number of pyridine rings is 1. The van der Waals surface area contributed by atoms with Crippen molar-refractivity contribution in [3.05, 3.63) is 30.1 Å². The smallest absolute Gasteiger partial charge is 0.0594 e. The Morgan fingerprint density at radius 3 is 2.83 bits per heavy atom. The Balaban J connectivity index is 1.73. The van der Waals surface area contributed by atoms with Crippen LogP contribution in [0.15, 0.2) is 24.4 Å². The van der Waals surface area contributed by atoms with Crippen LogP contribution in [0, 0.1) is 0 Å². The summed E-state index contributed by atoms with van der Waals surface area (Å²) in [5.74, 6) is 0.173. The van der Waals surface area contributed by atoms with Crippen molar-refractivity contribution in [1.82, 2.24) is 9.88 Å². The largest absolute Gasteiger partial charge is 0.396 e. The van der Waals surface area contributed by atoms with E-state index in [-0.39, 0.29) is 12.5 Å². The number of morpholine rings is 1. The van der Waals surface area contributed by atoms with Gasteiger partial charge in [0.1, 0.15) is 0 Å². The van der Waals surface area contributed by atoms with Gasteiger partial charge < -0.3 is 9.84 Å². The van der Waals surface area contributed by atoms with Crippen LogP contribution in [0.5, 0.6) is 0 Å². The molecular weight excluding hydrogens is 228 g/mol. The molecule has 0 bridgehead atoms. The van der Waals surface area contributed by atoms with Gasteiger partial charge in [0, 0.05) is 30.9 Å². The van der Waals surface area contributed by atoms with Crippen molar-refractivity contribution in [1.29, 1.82) is 0 Å². The number of hydrogen-bond donors (Lipinski definition) is 1. The minimum Gasteiger partial charge on any atom is -0.396 e. The van der Waals surface area contributed by atoms with Crippen LogP contribution in [0.3, 0.4) is 0 Å². The van der Waals surface area contributed by atoms with Crippen LogP contribution in [0.4, 0.5) is 0 Å². The Labute approximate surface area is 109 Å². The van der Waals surface area contributed by atoms with E-state index in [1.165, 1.54) is 0 Å². The summed E-state index contributed by atoms with van der Waals surface area (Å²) in [4.78, 5) is 6.75. The number of aliphatic hydroxyl groups excluding tert-OH is 1. The highest BCUT2D eigenvalue weighted by molar-refractivity contribution is 5.09. The van der Waals surface area contributed by atoms with E-state index < -0.39 is 0 Å². The zero-order valence-electron chi connectivity index (χ0n) is 10.8. The molecule has 1 atom stereocenters.